The van der Waals surface area contributed by atoms with Gasteiger partial charge in [0.05, 0.1) is 5.03 Å². The number of nitrogens with zero attached hydrogens (tertiary/aromatic N) is 1. The average Bonchev–Trinajstić information content (AvgIpc) is 2.90. The molecule has 2 rings (SSSR count). The summed E-state index contributed by atoms with van der Waals surface area (Å²) in [6, 6.07) is 5.89. The fourth-order valence-electron chi connectivity index (χ4n) is 3.14. The second-order valence-corrected chi connectivity index (χ2v) is 6.71. The Morgan fingerprint density at radius 3 is 3.10 bits per heavy atom. The van der Waals surface area contributed by atoms with Crippen LogP contribution in [0.2, 0.25) is 0 Å². The Bertz CT molecular complexity index is 455. The van der Waals surface area contributed by atoms with E-state index in [0.29, 0.717) is 0 Å². The van der Waals surface area contributed by atoms with Gasteiger partial charge in [0.1, 0.15) is 5.54 Å². The number of aliphatic carboxylic acids is 1. The van der Waals surface area contributed by atoms with Gasteiger partial charge in [-0.05, 0) is 56.0 Å². The van der Waals surface area contributed by atoms with E-state index in [1.807, 2.05) is 18.2 Å². The predicted octanol–water partition coefficient (Wildman–Crippen LogP) is 3.19. The smallest absolute Gasteiger partial charge is 0.324 e. The standard InChI is InChI=1S/C16H24N2O2S/c1-2-10-18-16(15(19)20)9-5-6-13(16)8-12-21-14-7-3-4-11-17-14/h3-4,7,11,13,18H,2,5-6,8-10,12H2,1H3,(H,19,20). The Hall–Kier alpha value is -1.07. The number of rotatable bonds is 8. The van der Waals surface area contributed by atoms with Crippen molar-refractivity contribution in [2.75, 3.05) is 12.3 Å². The first-order valence-electron chi connectivity index (χ1n) is 7.71. The van der Waals surface area contributed by atoms with Crippen molar-refractivity contribution in [1.29, 1.82) is 0 Å². The number of carbonyl (C=O) groups is 1. The van der Waals surface area contributed by atoms with E-state index in [0.717, 1.165) is 49.4 Å². The van der Waals surface area contributed by atoms with Gasteiger partial charge in [0.15, 0.2) is 0 Å². The first-order valence-corrected chi connectivity index (χ1v) is 8.70. The second-order valence-electron chi connectivity index (χ2n) is 5.60. The van der Waals surface area contributed by atoms with Crippen LogP contribution in [0.1, 0.15) is 39.0 Å². The summed E-state index contributed by atoms with van der Waals surface area (Å²) in [4.78, 5) is 16.1. The molecule has 1 aromatic rings. The van der Waals surface area contributed by atoms with Crippen molar-refractivity contribution >= 4 is 17.7 Å². The molecule has 1 fully saturated rings. The van der Waals surface area contributed by atoms with Crippen LogP contribution in [0.5, 0.6) is 0 Å². The topological polar surface area (TPSA) is 62.2 Å². The van der Waals surface area contributed by atoms with Crippen LogP contribution < -0.4 is 5.32 Å². The Morgan fingerprint density at radius 2 is 2.43 bits per heavy atom. The molecule has 2 unspecified atom stereocenters. The third-order valence-corrected chi connectivity index (χ3v) is 5.22. The number of hydrogen-bond donors (Lipinski definition) is 2. The van der Waals surface area contributed by atoms with Gasteiger partial charge in [0.2, 0.25) is 0 Å². The number of thioether (sulfide) groups is 1. The van der Waals surface area contributed by atoms with Crippen LogP contribution in [-0.2, 0) is 4.79 Å². The van der Waals surface area contributed by atoms with Crippen molar-refractivity contribution in [3.05, 3.63) is 24.4 Å². The SMILES string of the molecule is CCCNC1(C(=O)O)CCCC1CCSc1ccccn1. The van der Waals surface area contributed by atoms with Crippen molar-refractivity contribution in [3.8, 4) is 0 Å². The molecule has 0 aliphatic heterocycles. The van der Waals surface area contributed by atoms with Crippen LogP contribution in [0.25, 0.3) is 0 Å². The fourth-order valence-corrected chi connectivity index (χ4v) is 4.07. The molecule has 0 bridgehead atoms. The quantitative estimate of drug-likeness (QED) is 0.722. The molecule has 2 atom stereocenters. The number of aromatic nitrogens is 1. The molecule has 0 radical (unpaired) electrons. The summed E-state index contributed by atoms with van der Waals surface area (Å²) in [6.07, 6.45) is 6.44. The van der Waals surface area contributed by atoms with Gasteiger partial charge >= 0.3 is 5.97 Å². The van der Waals surface area contributed by atoms with Crippen LogP contribution in [0, 0.1) is 5.92 Å². The molecule has 5 heteroatoms. The summed E-state index contributed by atoms with van der Waals surface area (Å²) in [7, 11) is 0. The summed E-state index contributed by atoms with van der Waals surface area (Å²) in [5.41, 5.74) is -0.708. The van der Waals surface area contributed by atoms with E-state index in [2.05, 4.69) is 17.2 Å². The predicted molar refractivity (Wildman–Crippen MR) is 85.6 cm³/mol. The van der Waals surface area contributed by atoms with Crippen molar-refractivity contribution in [2.45, 2.75) is 49.6 Å². The lowest BCUT2D eigenvalue weighted by atomic mass is 9.85. The van der Waals surface area contributed by atoms with E-state index < -0.39 is 11.5 Å². The number of carboxylic acids is 1. The normalized spacial score (nSPS) is 25.1. The first-order chi connectivity index (χ1) is 10.2. The monoisotopic (exact) mass is 308 g/mol. The third kappa shape index (κ3) is 3.98. The highest BCUT2D eigenvalue weighted by molar-refractivity contribution is 7.99. The van der Waals surface area contributed by atoms with E-state index in [4.69, 9.17) is 0 Å². The number of pyridine rings is 1. The Labute approximate surface area is 130 Å². The maximum atomic E-state index is 11.8. The molecule has 1 heterocycles. The maximum absolute atomic E-state index is 11.8. The van der Waals surface area contributed by atoms with E-state index in [1.165, 1.54) is 0 Å². The Kier molecular flexibility index (Phi) is 6.06. The zero-order chi connectivity index (χ0) is 15.1. The zero-order valence-electron chi connectivity index (χ0n) is 12.5. The summed E-state index contributed by atoms with van der Waals surface area (Å²) in [5, 5.41) is 14.0. The third-order valence-electron chi connectivity index (χ3n) is 4.25. The minimum Gasteiger partial charge on any atom is -0.480 e. The molecule has 1 saturated carbocycles. The molecular weight excluding hydrogens is 284 g/mol. The molecule has 2 N–H and O–H groups in total. The molecule has 1 aliphatic rings. The van der Waals surface area contributed by atoms with Crippen LogP contribution in [0.4, 0.5) is 0 Å². The lowest BCUT2D eigenvalue weighted by Gasteiger charge is -2.32. The first kappa shape index (κ1) is 16.3. The van der Waals surface area contributed by atoms with Gasteiger partial charge in [-0.3, -0.25) is 4.79 Å². The molecule has 1 aromatic heterocycles. The minimum atomic E-state index is -0.708. The van der Waals surface area contributed by atoms with Gasteiger partial charge in [-0.2, -0.15) is 0 Å². The van der Waals surface area contributed by atoms with Crippen molar-refractivity contribution in [1.82, 2.24) is 10.3 Å². The zero-order valence-corrected chi connectivity index (χ0v) is 13.4. The fraction of sp³-hybridized carbons (Fsp3) is 0.625. The molecule has 0 amide bonds. The molecule has 0 saturated heterocycles. The molecule has 1 aliphatic carbocycles. The van der Waals surface area contributed by atoms with Gasteiger partial charge in [0.25, 0.3) is 0 Å². The number of hydrogen-bond acceptors (Lipinski definition) is 4. The summed E-state index contributed by atoms with van der Waals surface area (Å²) < 4.78 is 0. The van der Waals surface area contributed by atoms with Crippen LogP contribution in [-0.4, -0.2) is 33.9 Å². The highest BCUT2D eigenvalue weighted by Gasteiger charge is 2.48. The highest BCUT2D eigenvalue weighted by atomic mass is 32.2. The van der Waals surface area contributed by atoms with Crippen molar-refractivity contribution in [3.63, 3.8) is 0 Å². The highest BCUT2D eigenvalue weighted by Crippen LogP contribution is 2.39. The molecule has 21 heavy (non-hydrogen) atoms. The number of nitrogens with one attached hydrogen (secondary N) is 1. The molecule has 0 aromatic carbocycles. The van der Waals surface area contributed by atoms with Gasteiger partial charge in [0, 0.05) is 6.20 Å². The minimum absolute atomic E-state index is 0.220. The van der Waals surface area contributed by atoms with Gasteiger partial charge < -0.3 is 10.4 Å². The van der Waals surface area contributed by atoms with Crippen molar-refractivity contribution in [2.24, 2.45) is 5.92 Å². The average molecular weight is 308 g/mol. The summed E-state index contributed by atoms with van der Waals surface area (Å²) >= 11 is 1.71. The Morgan fingerprint density at radius 1 is 1.57 bits per heavy atom. The van der Waals surface area contributed by atoms with Crippen LogP contribution in [0.15, 0.2) is 29.4 Å². The van der Waals surface area contributed by atoms with Gasteiger partial charge in [-0.25, -0.2) is 4.98 Å². The lowest BCUT2D eigenvalue weighted by molar-refractivity contribution is -0.146. The second kappa shape index (κ2) is 7.80. The van der Waals surface area contributed by atoms with E-state index in [1.54, 1.807) is 18.0 Å². The van der Waals surface area contributed by atoms with Crippen LogP contribution in [0.3, 0.4) is 0 Å². The largest absolute Gasteiger partial charge is 0.480 e. The Balaban J connectivity index is 1.92. The lowest BCUT2D eigenvalue weighted by Crippen LogP contribution is -2.55. The molecular formula is C16H24N2O2S. The maximum Gasteiger partial charge on any atom is 0.324 e. The summed E-state index contributed by atoms with van der Waals surface area (Å²) in [5.74, 6) is 0.462. The molecule has 0 spiro atoms. The van der Waals surface area contributed by atoms with E-state index in [9.17, 15) is 9.90 Å². The number of carboxylic acid groups (broad SMARTS) is 1. The van der Waals surface area contributed by atoms with Gasteiger partial charge in [-0.1, -0.05) is 19.4 Å². The van der Waals surface area contributed by atoms with Crippen LogP contribution >= 0.6 is 11.8 Å². The molecule has 116 valence electrons. The summed E-state index contributed by atoms with van der Waals surface area (Å²) in [6.45, 7) is 2.85. The van der Waals surface area contributed by atoms with E-state index in [-0.39, 0.29) is 5.92 Å². The van der Waals surface area contributed by atoms with Crippen molar-refractivity contribution < 1.29 is 9.90 Å². The van der Waals surface area contributed by atoms with E-state index >= 15 is 0 Å². The molecule has 4 nitrogen and oxygen atoms in total. The van der Waals surface area contributed by atoms with Gasteiger partial charge in [-0.15, -0.1) is 11.8 Å².